The number of fused-ring (bicyclic) bond motifs is 1. The third kappa shape index (κ3) is 5.00. The first-order chi connectivity index (χ1) is 11.5. The van der Waals surface area contributed by atoms with E-state index < -0.39 is 0 Å². The van der Waals surface area contributed by atoms with Gasteiger partial charge in [-0.1, -0.05) is 24.6 Å². The number of hydrogen-bond acceptors (Lipinski definition) is 3. The van der Waals surface area contributed by atoms with Crippen molar-refractivity contribution in [1.82, 2.24) is 10.6 Å². The Balaban J connectivity index is 0.00000225. The molecule has 3 rings (SSSR count). The lowest BCUT2D eigenvalue weighted by Crippen LogP contribution is -2.46. The first-order valence-electron chi connectivity index (χ1n) is 8.92. The molecule has 1 saturated carbocycles. The minimum Gasteiger partial charge on any atom is -0.487 e. The second kappa shape index (κ2) is 8.58. The SMILES string of the molecule is CN=C(NCC1CCCC1O)NC1CC(C)(C)Oc2ccccc21.I. The first kappa shape index (κ1) is 20.3. The summed E-state index contributed by atoms with van der Waals surface area (Å²) >= 11 is 0. The smallest absolute Gasteiger partial charge is 0.191 e. The van der Waals surface area contributed by atoms with Crippen molar-refractivity contribution >= 4 is 29.9 Å². The zero-order valence-electron chi connectivity index (χ0n) is 15.3. The summed E-state index contributed by atoms with van der Waals surface area (Å²) in [6.07, 6.45) is 3.80. The van der Waals surface area contributed by atoms with E-state index in [0.717, 1.165) is 43.9 Å². The van der Waals surface area contributed by atoms with Crippen molar-refractivity contribution in [3.8, 4) is 5.75 Å². The van der Waals surface area contributed by atoms with Gasteiger partial charge >= 0.3 is 0 Å². The van der Waals surface area contributed by atoms with Gasteiger partial charge in [0.2, 0.25) is 0 Å². The van der Waals surface area contributed by atoms with E-state index in [-0.39, 0.29) is 41.7 Å². The normalized spacial score (nSPS) is 27.7. The fraction of sp³-hybridized carbons (Fsp3) is 0.632. The first-order valence-corrected chi connectivity index (χ1v) is 8.92. The molecule has 1 aliphatic heterocycles. The van der Waals surface area contributed by atoms with Gasteiger partial charge in [-0.15, -0.1) is 24.0 Å². The second-order valence-electron chi connectivity index (χ2n) is 7.51. The van der Waals surface area contributed by atoms with Crippen LogP contribution in [0.25, 0.3) is 0 Å². The van der Waals surface area contributed by atoms with Crippen molar-refractivity contribution in [1.29, 1.82) is 0 Å². The maximum Gasteiger partial charge on any atom is 0.191 e. The Morgan fingerprint density at radius 3 is 2.76 bits per heavy atom. The third-order valence-corrected chi connectivity index (χ3v) is 5.06. The van der Waals surface area contributed by atoms with E-state index in [1.165, 1.54) is 5.56 Å². The van der Waals surface area contributed by atoms with Crippen molar-refractivity contribution < 1.29 is 9.84 Å². The Kier molecular flexibility index (Phi) is 6.96. The zero-order valence-corrected chi connectivity index (χ0v) is 17.6. The summed E-state index contributed by atoms with van der Waals surface area (Å²) < 4.78 is 6.09. The highest BCUT2D eigenvalue weighted by molar-refractivity contribution is 14.0. The molecule has 1 fully saturated rings. The highest BCUT2D eigenvalue weighted by Crippen LogP contribution is 2.39. The summed E-state index contributed by atoms with van der Waals surface area (Å²) in [5.41, 5.74) is 0.952. The number of para-hydroxylation sites is 1. The molecule has 0 spiro atoms. The Hall–Kier alpha value is -1.02. The second-order valence-corrected chi connectivity index (χ2v) is 7.51. The molecular weight excluding hydrogens is 429 g/mol. The van der Waals surface area contributed by atoms with Crippen molar-refractivity contribution in [2.75, 3.05) is 13.6 Å². The Morgan fingerprint density at radius 1 is 1.32 bits per heavy atom. The predicted octanol–water partition coefficient (Wildman–Crippen LogP) is 3.23. The van der Waals surface area contributed by atoms with Crippen molar-refractivity contribution in [2.45, 2.75) is 57.3 Å². The van der Waals surface area contributed by atoms with E-state index in [4.69, 9.17) is 4.74 Å². The number of rotatable bonds is 3. The maximum atomic E-state index is 9.98. The van der Waals surface area contributed by atoms with E-state index in [1.54, 1.807) is 7.05 Å². The molecule has 1 heterocycles. The Bertz CT molecular complexity index is 606. The van der Waals surface area contributed by atoms with Gasteiger partial charge in [-0.2, -0.15) is 0 Å². The zero-order chi connectivity index (χ0) is 17.2. The van der Waals surface area contributed by atoms with E-state index in [1.807, 2.05) is 18.2 Å². The largest absolute Gasteiger partial charge is 0.487 e. The van der Waals surface area contributed by atoms with Crippen LogP contribution < -0.4 is 15.4 Å². The van der Waals surface area contributed by atoms with Crippen LogP contribution in [-0.2, 0) is 0 Å². The van der Waals surface area contributed by atoms with Gasteiger partial charge in [0.15, 0.2) is 5.96 Å². The topological polar surface area (TPSA) is 65.9 Å². The molecule has 3 unspecified atom stereocenters. The molecule has 1 aromatic carbocycles. The Labute approximate surface area is 167 Å². The summed E-state index contributed by atoms with van der Waals surface area (Å²) in [5, 5.41) is 16.9. The molecule has 0 saturated heterocycles. The van der Waals surface area contributed by atoms with Crippen molar-refractivity contribution in [3.05, 3.63) is 29.8 Å². The molecule has 1 aromatic rings. The average Bonchev–Trinajstić information content (AvgIpc) is 2.95. The van der Waals surface area contributed by atoms with Gasteiger partial charge in [-0.05, 0) is 32.8 Å². The van der Waals surface area contributed by atoms with Crippen LogP contribution in [0, 0.1) is 5.92 Å². The molecule has 1 aliphatic carbocycles. The summed E-state index contributed by atoms with van der Waals surface area (Å²) in [4.78, 5) is 4.36. The minimum absolute atomic E-state index is 0. The molecule has 0 aromatic heterocycles. The molecule has 5 nitrogen and oxygen atoms in total. The van der Waals surface area contributed by atoms with Crippen LogP contribution in [0.2, 0.25) is 0 Å². The van der Waals surface area contributed by atoms with Gasteiger partial charge in [-0.3, -0.25) is 4.99 Å². The lowest BCUT2D eigenvalue weighted by molar-refractivity contribution is 0.0693. The molecule has 140 valence electrons. The number of ether oxygens (including phenoxy) is 1. The maximum absolute atomic E-state index is 9.98. The lowest BCUT2D eigenvalue weighted by Gasteiger charge is -2.38. The third-order valence-electron chi connectivity index (χ3n) is 5.06. The number of aliphatic hydroxyl groups is 1. The van der Waals surface area contributed by atoms with Gasteiger partial charge < -0.3 is 20.5 Å². The number of halogens is 1. The molecule has 0 radical (unpaired) electrons. The fourth-order valence-corrected chi connectivity index (χ4v) is 3.77. The summed E-state index contributed by atoms with van der Waals surface area (Å²) in [5.74, 6) is 2.04. The van der Waals surface area contributed by atoms with Gasteiger partial charge in [0.1, 0.15) is 11.4 Å². The molecule has 25 heavy (non-hydrogen) atoms. The molecule has 3 N–H and O–H groups in total. The molecule has 0 bridgehead atoms. The van der Waals surface area contributed by atoms with Gasteiger partial charge in [-0.25, -0.2) is 0 Å². The minimum atomic E-state index is -0.216. The van der Waals surface area contributed by atoms with Crippen LogP contribution in [0.1, 0.15) is 51.1 Å². The van der Waals surface area contributed by atoms with Crippen LogP contribution in [0.15, 0.2) is 29.3 Å². The van der Waals surface area contributed by atoms with Crippen LogP contribution in [-0.4, -0.2) is 36.4 Å². The van der Waals surface area contributed by atoms with Crippen LogP contribution in [0.4, 0.5) is 0 Å². The molecule has 0 amide bonds. The van der Waals surface area contributed by atoms with Crippen molar-refractivity contribution in [3.63, 3.8) is 0 Å². The van der Waals surface area contributed by atoms with Gasteiger partial charge in [0.25, 0.3) is 0 Å². The standard InChI is InChI=1S/C19H29N3O2.HI/c1-19(2)11-15(14-8-4-5-10-17(14)24-19)22-18(20-3)21-12-13-7-6-9-16(13)23;/h4-5,8,10,13,15-16,23H,6-7,9,11-12H2,1-3H3,(H2,20,21,22);1H. The Morgan fingerprint density at radius 2 is 2.08 bits per heavy atom. The van der Waals surface area contributed by atoms with Crippen LogP contribution in [0.3, 0.4) is 0 Å². The number of aliphatic imine (C=N–C) groups is 1. The van der Waals surface area contributed by atoms with Crippen molar-refractivity contribution in [2.24, 2.45) is 10.9 Å². The monoisotopic (exact) mass is 459 g/mol. The van der Waals surface area contributed by atoms with Crippen LogP contribution >= 0.6 is 24.0 Å². The van der Waals surface area contributed by atoms with E-state index >= 15 is 0 Å². The highest BCUT2D eigenvalue weighted by Gasteiger charge is 2.34. The van der Waals surface area contributed by atoms with Gasteiger partial charge in [0, 0.05) is 31.5 Å². The van der Waals surface area contributed by atoms with E-state index in [9.17, 15) is 5.11 Å². The number of guanidine groups is 1. The van der Waals surface area contributed by atoms with E-state index in [0.29, 0.717) is 5.92 Å². The summed E-state index contributed by atoms with van der Waals surface area (Å²) in [6, 6.07) is 8.34. The fourth-order valence-electron chi connectivity index (χ4n) is 3.77. The molecule has 2 aliphatic rings. The molecule has 6 heteroatoms. The molecular formula is C19H30IN3O2. The number of benzene rings is 1. The van der Waals surface area contributed by atoms with Crippen LogP contribution in [0.5, 0.6) is 5.75 Å². The number of hydrogen-bond donors (Lipinski definition) is 3. The quantitative estimate of drug-likeness (QED) is 0.369. The summed E-state index contributed by atoms with van der Waals surface area (Å²) in [6.45, 7) is 4.99. The highest BCUT2D eigenvalue weighted by atomic mass is 127. The summed E-state index contributed by atoms with van der Waals surface area (Å²) in [7, 11) is 1.79. The average molecular weight is 459 g/mol. The number of aliphatic hydroxyl groups excluding tert-OH is 1. The van der Waals surface area contributed by atoms with E-state index in [2.05, 4.69) is 35.5 Å². The van der Waals surface area contributed by atoms with Gasteiger partial charge in [0.05, 0.1) is 12.1 Å². The number of nitrogens with one attached hydrogen (secondary N) is 2. The predicted molar refractivity (Wildman–Crippen MR) is 112 cm³/mol. The lowest BCUT2D eigenvalue weighted by atomic mass is 9.90. The molecule has 3 atom stereocenters. The number of nitrogens with zero attached hydrogens (tertiary/aromatic N) is 1.